The van der Waals surface area contributed by atoms with Crippen LogP contribution in [-0.4, -0.2) is 73.4 Å². The van der Waals surface area contributed by atoms with Gasteiger partial charge in [-0.15, -0.1) is 0 Å². The number of nitrogens with one attached hydrogen (secondary N) is 1. The zero-order valence-corrected chi connectivity index (χ0v) is 20.0. The lowest BCUT2D eigenvalue weighted by molar-refractivity contribution is 0.0943. The van der Waals surface area contributed by atoms with E-state index in [1.54, 1.807) is 36.7 Å². The summed E-state index contributed by atoms with van der Waals surface area (Å²) in [4.78, 5) is 19.8. The lowest BCUT2D eigenvalue weighted by atomic mass is 10.2. The number of hydrogen-bond acceptors (Lipinski definition) is 5. The molecule has 176 valence electrons. The number of rotatable bonds is 9. The van der Waals surface area contributed by atoms with E-state index in [1.165, 1.54) is 31.2 Å². The van der Waals surface area contributed by atoms with Crippen LogP contribution in [0.4, 0.5) is 0 Å². The van der Waals surface area contributed by atoms with Crippen LogP contribution in [0.15, 0.2) is 53.7 Å². The minimum absolute atomic E-state index is 0.154. The first-order valence-corrected chi connectivity index (χ1v) is 12.8. The molecule has 1 saturated heterocycles. The molecule has 1 aliphatic rings. The highest BCUT2D eigenvalue weighted by Crippen LogP contribution is 2.25. The second kappa shape index (κ2) is 10.0. The summed E-state index contributed by atoms with van der Waals surface area (Å²) in [6, 6.07) is 10.6. The first-order valence-electron chi connectivity index (χ1n) is 11.3. The Hall–Kier alpha value is -2.75. The van der Waals surface area contributed by atoms with Gasteiger partial charge in [0.25, 0.3) is 5.91 Å². The summed E-state index contributed by atoms with van der Waals surface area (Å²) in [6.45, 7) is 4.37. The van der Waals surface area contributed by atoms with E-state index >= 15 is 0 Å². The predicted octanol–water partition coefficient (Wildman–Crippen LogP) is 2.55. The topological polar surface area (TPSA) is 87.5 Å². The van der Waals surface area contributed by atoms with Gasteiger partial charge in [-0.3, -0.25) is 9.78 Å². The molecule has 0 radical (unpaired) electrons. The van der Waals surface area contributed by atoms with E-state index < -0.39 is 10.0 Å². The van der Waals surface area contributed by atoms with Crippen LogP contribution in [-0.2, 0) is 16.6 Å². The van der Waals surface area contributed by atoms with Gasteiger partial charge in [-0.2, -0.15) is 0 Å². The standard InChI is InChI=1S/C24H31N5O3S/c1-27(2)33(31,32)21-6-7-22-20(16-21)17-23(29(22)18-19-8-11-25-12-9-19)24(30)26-10-5-15-28-13-3-4-14-28/h6-9,11-12,16-17H,3-5,10,13-15,18H2,1-2H3,(H,26,30). The SMILES string of the molecule is CN(C)S(=O)(=O)c1ccc2c(c1)cc(C(=O)NCCCN1CCCC1)n2Cc1ccncc1. The van der Waals surface area contributed by atoms with Gasteiger partial charge in [0.15, 0.2) is 0 Å². The third-order valence-electron chi connectivity index (χ3n) is 6.11. The van der Waals surface area contributed by atoms with Crippen LogP contribution in [0.25, 0.3) is 10.9 Å². The van der Waals surface area contributed by atoms with E-state index in [9.17, 15) is 13.2 Å². The highest BCUT2D eigenvalue weighted by Gasteiger charge is 2.21. The summed E-state index contributed by atoms with van der Waals surface area (Å²) in [5.41, 5.74) is 2.34. The molecule has 1 amide bonds. The van der Waals surface area contributed by atoms with E-state index in [0.29, 0.717) is 24.2 Å². The summed E-state index contributed by atoms with van der Waals surface area (Å²) >= 11 is 0. The molecule has 0 atom stereocenters. The summed E-state index contributed by atoms with van der Waals surface area (Å²) in [6.07, 6.45) is 6.86. The zero-order valence-electron chi connectivity index (χ0n) is 19.2. The quantitative estimate of drug-likeness (QED) is 0.487. The fourth-order valence-corrected chi connectivity index (χ4v) is 5.19. The molecule has 0 aliphatic carbocycles. The van der Waals surface area contributed by atoms with Crippen molar-refractivity contribution >= 4 is 26.8 Å². The van der Waals surface area contributed by atoms with Crippen molar-refractivity contribution in [3.8, 4) is 0 Å². The molecule has 1 fully saturated rings. The van der Waals surface area contributed by atoms with Crippen molar-refractivity contribution in [2.45, 2.75) is 30.7 Å². The van der Waals surface area contributed by atoms with E-state index in [0.717, 1.165) is 37.1 Å². The predicted molar refractivity (Wildman–Crippen MR) is 129 cm³/mol. The molecule has 0 bridgehead atoms. The number of hydrogen-bond donors (Lipinski definition) is 1. The second-order valence-electron chi connectivity index (χ2n) is 8.64. The second-order valence-corrected chi connectivity index (χ2v) is 10.8. The van der Waals surface area contributed by atoms with Gasteiger partial charge in [-0.25, -0.2) is 12.7 Å². The van der Waals surface area contributed by atoms with E-state index in [2.05, 4.69) is 15.2 Å². The van der Waals surface area contributed by atoms with Crippen molar-refractivity contribution in [1.29, 1.82) is 0 Å². The number of amides is 1. The third-order valence-corrected chi connectivity index (χ3v) is 7.92. The van der Waals surface area contributed by atoms with E-state index in [-0.39, 0.29) is 10.8 Å². The first-order chi connectivity index (χ1) is 15.9. The van der Waals surface area contributed by atoms with Gasteiger partial charge in [0.1, 0.15) is 5.69 Å². The number of nitrogens with zero attached hydrogens (tertiary/aromatic N) is 4. The monoisotopic (exact) mass is 469 g/mol. The first kappa shape index (κ1) is 23.4. The van der Waals surface area contributed by atoms with Crippen molar-refractivity contribution in [2.75, 3.05) is 40.3 Å². The normalized spacial score (nSPS) is 14.9. The smallest absolute Gasteiger partial charge is 0.267 e. The molecule has 9 heteroatoms. The van der Waals surface area contributed by atoms with Gasteiger partial charge >= 0.3 is 0 Å². The Morgan fingerprint density at radius 3 is 2.52 bits per heavy atom. The van der Waals surface area contributed by atoms with Crippen molar-refractivity contribution in [1.82, 2.24) is 24.1 Å². The van der Waals surface area contributed by atoms with Crippen LogP contribution in [0.3, 0.4) is 0 Å². The number of carbonyl (C=O) groups is 1. The van der Waals surface area contributed by atoms with Crippen LogP contribution in [0.1, 0.15) is 35.3 Å². The Balaban J connectivity index is 1.61. The van der Waals surface area contributed by atoms with Crippen LogP contribution >= 0.6 is 0 Å². The minimum atomic E-state index is -3.57. The van der Waals surface area contributed by atoms with Gasteiger partial charge in [0.05, 0.1) is 4.90 Å². The van der Waals surface area contributed by atoms with Crippen LogP contribution < -0.4 is 5.32 Å². The Kier molecular flexibility index (Phi) is 7.11. The maximum Gasteiger partial charge on any atom is 0.267 e. The highest BCUT2D eigenvalue weighted by molar-refractivity contribution is 7.89. The summed E-state index contributed by atoms with van der Waals surface area (Å²) in [5.74, 6) is -0.154. The molecule has 1 aromatic carbocycles. The van der Waals surface area contributed by atoms with E-state index in [1.807, 2.05) is 16.7 Å². The van der Waals surface area contributed by atoms with Gasteiger partial charge in [0, 0.05) is 50.5 Å². The molecule has 3 heterocycles. The maximum absolute atomic E-state index is 13.1. The molecule has 3 aromatic rings. The van der Waals surface area contributed by atoms with Crippen LogP contribution in [0.5, 0.6) is 0 Å². The van der Waals surface area contributed by atoms with Gasteiger partial charge < -0.3 is 14.8 Å². The Morgan fingerprint density at radius 2 is 1.82 bits per heavy atom. The van der Waals surface area contributed by atoms with Gasteiger partial charge in [-0.05, 0) is 80.9 Å². The fraction of sp³-hybridized carbons (Fsp3) is 0.417. The summed E-state index contributed by atoms with van der Waals surface area (Å²) < 4.78 is 28.3. The molecule has 1 N–H and O–H groups in total. The molecule has 8 nitrogen and oxygen atoms in total. The molecule has 0 unspecified atom stereocenters. The zero-order chi connectivity index (χ0) is 23.4. The molecule has 1 aliphatic heterocycles. The molecule has 2 aromatic heterocycles. The van der Waals surface area contributed by atoms with Crippen molar-refractivity contribution in [2.24, 2.45) is 0 Å². The number of likely N-dealkylation sites (tertiary alicyclic amines) is 1. The number of pyridine rings is 1. The minimum Gasteiger partial charge on any atom is -0.351 e. The van der Waals surface area contributed by atoms with Crippen LogP contribution in [0.2, 0.25) is 0 Å². The lowest BCUT2D eigenvalue weighted by Gasteiger charge is -2.15. The molecule has 0 spiro atoms. The van der Waals surface area contributed by atoms with E-state index in [4.69, 9.17) is 0 Å². The van der Waals surface area contributed by atoms with Gasteiger partial charge in [-0.1, -0.05) is 0 Å². The van der Waals surface area contributed by atoms with Crippen LogP contribution in [0, 0.1) is 0 Å². The number of fused-ring (bicyclic) bond motifs is 1. The van der Waals surface area contributed by atoms with Crippen molar-refractivity contribution in [3.63, 3.8) is 0 Å². The lowest BCUT2D eigenvalue weighted by Crippen LogP contribution is -2.30. The number of sulfonamides is 1. The molecular formula is C24H31N5O3S. The largest absolute Gasteiger partial charge is 0.351 e. The number of benzene rings is 1. The molecule has 4 rings (SSSR count). The average molecular weight is 470 g/mol. The van der Waals surface area contributed by atoms with Crippen molar-refractivity contribution < 1.29 is 13.2 Å². The Bertz CT molecular complexity index is 1220. The third kappa shape index (κ3) is 5.26. The Morgan fingerprint density at radius 1 is 1.09 bits per heavy atom. The maximum atomic E-state index is 13.1. The summed E-state index contributed by atoms with van der Waals surface area (Å²) in [7, 11) is -0.548. The van der Waals surface area contributed by atoms with Crippen molar-refractivity contribution in [3.05, 3.63) is 60.0 Å². The number of aromatic nitrogens is 2. The average Bonchev–Trinajstić information content (AvgIpc) is 3.45. The molecule has 33 heavy (non-hydrogen) atoms. The molecule has 0 saturated carbocycles. The number of carbonyl (C=O) groups excluding carboxylic acids is 1. The summed E-state index contributed by atoms with van der Waals surface area (Å²) in [5, 5.41) is 3.76. The molecular weight excluding hydrogens is 438 g/mol. The Labute approximate surface area is 195 Å². The highest BCUT2D eigenvalue weighted by atomic mass is 32.2. The van der Waals surface area contributed by atoms with Gasteiger partial charge in [0.2, 0.25) is 10.0 Å². The fourth-order valence-electron chi connectivity index (χ4n) is 4.25.